The molecule has 0 spiro atoms. The molecule has 1 aromatic rings. The van der Waals surface area contributed by atoms with Crippen LogP contribution in [-0.2, 0) is 20.8 Å². The zero-order valence-electron chi connectivity index (χ0n) is 15.4. The molecule has 1 aromatic carbocycles. The van der Waals surface area contributed by atoms with Gasteiger partial charge in [0, 0.05) is 24.7 Å². The first kappa shape index (κ1) is 20.1. The molecule has 1 aliphatic rings. The molecule has 6 nitrogen and oxygen atoms in total. The molecule has 0 aliphatic carbocycles. The lowest BCUT2D eigenvalue weighted by atomic mass is 10.1. The molecular formula is C18H24F2N2O4. The Morgan fingerprint density at radius 1 is 1.31 bits per heavy atom. The number of halogens is 2. The van der Waals surface area contributed by atoms with Crippen molar-refractivity contribution in [2.75, 3.05) is 13.7 Å². The minimum absolute atomic E-state index is 0.0828. The van der Waals surface area contributed by atoms with Crippen LogP contribution < -0.4 is 5.32 Å². The Balaban J connectivity index is 2.26. The van der Waals surface area contributed by atoms with E-state index in [1.165, 1.54) is 18.1 Å². The van der Waals surface area contributed by atoms with Crippen LogP contribution in [0, 0.1) is 11.6 Å². The van der Waals surface area contributed by atoms with Crippen molar-refractivity contribution < 1.29 is 27.8 Å². The number of esters is 1. The third kappa shape index (κ3) is 4.30. The van der Waals surface area contributed by atoms with Gasteiger partial charge in [0.25, 0.3) is 0 Å². The van der Waals surface area contributed by atoms with Crippen molar-refractivity contribution in [1.82, 2.24) is 10.2 Å². The lowest BCUT2D eigenvalue weighted by Gasteiger charge is -2.37. The minimum atomic E-state index is -1.46. The summed E-state index contributed by atoms with van der Waals surface area (Å²) in [6.07, 6.45) is 0.182. The van der Waals surface area contributed by atoms with Gasteiger partial charge in [-0.2, -0.15) is 0 Å². The normalized spacial score (nSPS) is 20.2. The van der Waals surface area contributed by atoms with Crippen LogP contribution in [0.4, 0.5) is 13.6 Å². The molecule has 0 saturated carbocycles. The summed E-state index contributed by atoms with van der Waals surface area (Å²) < 4.78 is 37.2. The fraction of sp³-hybridized carbons (Fsp3) is 0.556. The Hall–Kier alpha value is -2.22. The maximum Gasteiger partial charge on any atom is 0.412 e. The van der Waals surface area contributed by atoms with Crippen LogP contribution in [0.1, 0.15) is 39.2 Å². The van der Waals surface area contributed by atoms with Crippen LogP contribution in [-0.4, -0.2) is 41.9 Å². The van der Waals surface area contributed by atoms with Crippen LogP contribution in [0.3, 0.4) is 0 Å². The van der Waals surface area contributed by atoms with Gasteiger partial charge in [0.2, 0.25) is 0 Å². The van der Waals surface area contributed by atoms with Crippen molar-refractivity contribution in [2.24, 2.45) is 0 Å². The number of amides is 1. The predicted octanol–water partition coefficient (Wildman–Crippen LogP) is 2.95. The summed E-state index contributed by atoms with van der Waals surface area (Å²) in [5.41, 5.74) is -2.02. The van der Waals surface area contributed by atoms with Crippen molar-refractivity contribution >= 4 is 12.1 Å². The zero-order chi connectivity index (χ0) is 19.5. The van der Waals surface area contributed by atoms with Crippen molar-refractivity contribution in [3.63, 3.8) is 0 Å². The highest BCUT2D eigenvalue weighted by Gasteiger charge is 2.52. The first-order valence-corrected chi connectivity index (χ1v) is 8.37. The van der Waals surface area contributed by atoms with Crippen molar-refractivity contribution in [3.8, 4) is 0 Å². The maximum atomic E-state index is 13.9. The molecule has 1 unspecified atom stereocenters. The number of hydrogen-bond acceptors (Lipinski definition) is 5. The van der Waals surface area contributed by atoms with Gasteiger partial charge in [0.05, 0.1) is 7.11 Å². The fourth-order valence-corrected chi connectivity index (χ4v) is 2.93. The number of ether oxygens (including phenoxy) is 2. The van der Waals surface area contributed by atoms with E-state index in [-0.39, 0.29) is 12.1 Å². The summed E-state index contributed by atoms with van der Waals surface area (Å²) in [5.74, 6) is -2.09. The first-order valence-electron chi connectivity index (χ1n) is 8.37. The van der Waals surface area contributed by atoms with Crippen molar-refractivity contribution in [1.29, 1.82) is 0 Å². The summed E-state index contributed by atoms with van der Waals surface area (Å²) >= 11 is 0. The van der Waals surface area contributed by atoms with E-state index < -0.39 is 35.0 Å². The van der Waals surface area contributed by atoms with Gasteiger partial charge in [-0.15, -0.1) is 0 Å². The third-order valence-electron chi connectivity index (χ3n) is 4.10. The third-order valence-corrected chi connectivity index (χ3v) is 4.10. The van der Waals surface area contributed by atoms with Crippen LogP contribution in [0.25, 0.3) is 0 Å². The van der Waals surface area contributed by atoms with Crippen LogP contribution in [0.15, 0.2) is 18.2 Å². The van der Waals surface area contributed by atoms with E-state index in [0.29, 0.717) is 19.4 Å². The molecule has 1 N–H and O–H groups in total. The molecule has 1 amide bonds. The van der Waals surface area contributed by atoms with Crippen LogP contribution in [0.2, 0.25) is 0 Å². The number of nitrogens with one attached hydrogen (secondary N) is 1. The molecule has 8 heteroatoms. The number of rotatable bonds is 4. The average molecular weight is 370 g/mol. The van der Waals surface area contributed by atoms with Crippen LogP contribution >= 0.6 is 0 Å². The second-order valence-corrected chi connectivity index (χ2v) is 7.18. The Kier molecular flexibility index (Phi) is 5.85. The van der Waals surface area contributed by atoms with E-state index in [1.807, 2.05) is 0 Å². The molecule has 1 fully saturated rings. The van der Waals surface area contributed by atoms with Crippen molar-refractivity contribution in [2.45, 2.75) is 51.4 Å². The molecule has 1 saturated heterocycles. The molecule has 1 heterocycles. The standard InChI is InChI=1S/C18H24F2N2O4/c1-17(2,3)26-16(24)22-9-5-8-18(22,15(23)25-4)21-11-12-6-7-13(19)10-14(12)20/h6-7,10,21H,5,8-9,11H2,1-4H3. The fourth-order valence-electron chi connectivity index (χ4n) is 2.93. The van der Waals surface area contributed by atoms with Gasteiger partial charge in [-0.3, -0.25) is 10.2 Å². The van der Waals surface area contributed by atoms with E-state index in [1.54, 1.807) is 20.8 Å². The predicted molar refractivity (Wildman–Crippen MR) is 90.1 cm³/mol. The van der Waals surface area contributed by atoms with E-state index in [2.05, 4.69) is 5.32 Å². The van der Waals surface area contributed by atoms with Gasteiger partial charge in [-0.1, -0.05) is 6.07 Å². The molecular weight excluding hydrogens is 346 g/mol. The number of methoxy groups -OCH3 is 1. The van der Waals surface area contributed by atoms with E-state index in [4.69, 9.17) is 9.47 Å². The number of carbonyl (C=O) groups is 2. The smallest absolute Gasteiger partial charge is 0.412 e. The largest absolute Gasteiger partial charge is 0.466 e. The van der Waals surface area contributed by atoms with Crippen molar-refractivity contribution in [3.05, 3.63) is 35.4 Å². The molecule has 0 aromatic heterocycles. The topological polar surface area (TPSA) is 67.9 Å². The first-order chi connectivity index (χ1) is 12.1. The molecule has 0 radical (unpaired) electrons. The van der Waals surface area contributed by atoms with Crippen LogP contribution in [0.5, 0.6) is 0 Å². The Morgan fingerprint density at radius 2 is 2.00 bits per heavy atom. The maximum absolute atomic E-state index is 13.9. The van der Waals surface area contributed by atoms with E-state index in [0.717, 1.165) is 12.1 Å². The highest BCUT2D eigenvalue weighted by Crippen LogP contribution is 2.30. The molecule has 2 rings (SSSR count). The monoisotopic (exact) mass is 370 g/mol. The van der Waals surface area contributed by atoms with Gasteiger partial charge in [0.1, 0.15) is 17.2 Å². The highest BCUT2D eigenvalue weighted by molar-refractivity contribution is 5.86. The number of nitrogens with zero attached hydrogens (tertiary/aromatic N) is 1. The quantitative estimate of drug-likeness (QED) is 0.826. The highest BCUT2D eigenvalue weighted by atomic mass is 19.1. The van der Waals surface area contributed by atoms with Gasteiger partial charge in [0.15, 0.2) is 5.66 Å². The SMILES string of the molecule is COC(=O)C1(NCc2ccc(F)cc2F)CCCN1C(=O)OC(C)(C)C. The minimum Gasteiger partial charge on any atom is -0.466 e. The second-order valence-electron chi connectivity index (χ2n) is 7.18. The summed E-state index contributed by atoms with van der Waals surface area (Å²) in [4.78, 5) is 26.3. The number of likely N-dealkylation sites (tertiary alicyclic amines) is 1. The summed E-state index contributed by atoms with van der Waals surface area (Å²) in [5, 5.41) is 2.93. The lowest BCUT2D eigenvalue weighted by Crippen LogP contribution is -2.63. The number of hydrogen-bond donors (Lipinski definition) is 1. The Morgan fingerprint density at radius 3 is 2.58 bits per heavy atom. The Labute approximate surface area is 151 Å². The summed E-state index contributed by atoms with van der Waals surface area (Å²) in [6, 6.07) is 3.18. The lowest BCUT2D eigenvalue weighted by molar-refractivity contribution is -0.155. The molecule has 1 aliphatic heterocycles. The zero-order valence-corrected chi connectivity index (χ0v) is 15.4. The van der Waals surface area contributed by atoms with Gasteiger partial charge < -0.3 is 9.47 Å². The molecule has 144 valence electrons. The summed E-state index contributed by atoms with van der Waals surface area (Å²) in [7, 11) is 1.22. The van der Waals surface area contributed by atoms with Gasteiger partial charge in [-0.25, -0.2) is 18.4 Å². The number of benzene rings is 1. The average Bonchev–Trinajstić information content (AvgIpc) is 2.97. The molecule has 0 bridgehead atoms. The van der Waals surface area contributed by atoms with E-state index >= 15 is 0 Å². The second kappa shape index (κ2) is 7.57. The van der Waals surface area contributed by atoms with E-state index in [9.17, 15) is 18.4 Å². The molecule has 26 heavy (non-hydrogen) atoms. The summed E-state index contributed by atoms with van der Waals surface area (Å²) in [6.45, 7) is 5.38. The molecule has 1 atom stereocenters. The number of carbonyl (C=O) groups excluding carboxylic acids is 2. The van der Waals surface area contributed by atoms with Gasteiger partial charge >= 0.3 is 12.1 Å². The van der Waals surface area contributed by atoms with Gasteiger partial charge in [-0.05, 0) is 39.7 Å². The Bertz CT molecular complexity index is 690.